The number of piperidine rings is 1. The van der Waals surface area contributed by atoms with E-state index in [1.165, 1.54) is 12.5 Å². The van der Waals surface area contributed by atoms with Gasteiger partial charge in [0.1, 0.15) is 11.7 Å². The van der Waals surface area contributed by atoms with E-state index in [4.69, 9.17) is 10.3 Å². The number of carbonyl (C=O) groups excluding carboxylic acids is 1. The maximum atomic E-state index is 12.9. The molecule has 45 heavy (non-hydrogen) atoms. The number of allylic oxidation sites excluding steroid dienone is 2. The van der Waals surface area contributed by atoms with E-state index in [0.29, 0.717) is 6.04 Å². The molecule has 2 aromatic carbocycles. The number of likely N-dealkylation sites (tertiary alicyclic amines) is 1. The number of nitriles is 1. The Balaban J connectivity index is 0.000000452. The van der Waals surface area contributed by atoms with Crippen molar-refractivity contribution >= 4 is 11.7 Å². The minimum atomic E-state index is -0.0810. The number of halogens is 1. The van der Waals surface area contributed by atoms with Gasteiger partial charge in [0.15, 0.2) is 0 Å². The molecule has 0 aromatic heterocycles. The van der Waals surface area contributed by atoms with Gasteiger partial charge in [-0.15, -0.1) is 0 Å². The molecule has 2 fully saturated rings. The van der Waals surface area contributed by atoms with E-state index in [0.717, 1.165) is 97.8 Å². The Bertz CT molecular complexity index is 1390. The first kappa shape index (κ1) is 37.2. The van der Waals surface area contributed by atoms with Crippen LogP contribution in [0.15, 0.2) is 83.5 Å². The normalized spacial score (nSPS) is 16.1. The lowest BCUT2D eigenvalue weighted by Crippen LogP contribution is -2.54. The first-order chi connectivity index (χ1) is 21.4. The highest BCUT2D eigenvalue weighted by atomic mass is 19.1. The van der Waals surface area contributed by atoms with Gasteiger partial charge in [-0.1, -0.05) is 55.5 Å². The van der Waals surface area contributed by atoms with Crippen molar-refractivity contribution in [3.05, 3.63) is 107 Å². The highest BCUT2D eigenvalue weighted by Gasteiger charge is 2.30. The van der Waals surface area contributed by atoms with Crippen LogP contribution in [-0.4, -0.2) is 71.8 Å². The molecule has 0 saturated carbocycles. The summed E-state index contributed by atoms with van der Waals surface area (Å²) in [5.41, 5.74) is 6.88. The number of hydrogen-bond acceptors (Lipinski definition) is 4. The number of benzene rings is 2. The summed E-state index contributed by atoms with van der Waals surface area (Å²) in [6, 6.07) is 15.5. The van der Waals surface area contributed by atoms with Crippen LogP contribution in [0, 0.1) is 31.0 Å². The molecule has 2 heterocycles. The van der Waals surface area contributed by atoms with E-state index >= 15 is 0 Å². The number of piperazine rings is 1. The number of aliphatic imine (C=N–C) groups is 1. The molecule has 1 amide bonds. The number of rotatable bonds is 6. The molecule has 242 valence electrons. The largest absolute Gasteiger partial charge is 0.354 e. The Morgan fingerprint density at radius 1 is 0.933 bits per heavy atom. The van der Waals surface area contributed by atoms with Crippen LogP contribution in [0.2, 0.25) is 0 Å². The number of carbonyl (C=O) groups is 1. The summed E-state index contributed by atoms with van der Waals surface area (Å²) in [6.07, 6.45) is 4.75. The molecule has 0 spiro atoms. The van der Waals surface area contributed by atoms with Crippen molar-refractivity contribution in [3.8, 4) is 6.07 Å². The molecule has 0 atom stereocenters. The van der Waals surface area contributed by atoms with Crippen molar-refractivity contribution in [1.82, 2.24) is 14.7 Å². The van der Waals surface area contributed by atoms with Gasteiger partial charge < -0.3 is 9.80 Å². The summed E-state index contributed by atoms with van der Waals surface area (Å²) in [7, 11) is 0. The lowest BCUT2D eigenvalue weighted by atomic mass is 10.0. The van der Waals surface area contributed by atoms with E-state index < -0.39 is 0 Å². The number of hydrogen-bond donors (Lipinski definition) is 0. The van der Waals surface area contributed by atoms with Gasteiger partial charge in [0.05, 0.1) is 6.07 Å². The predicted molar refractivity (Wildman–Crippen MR) is 186 cm³/mol. The Hall–Kier alpha value is -4.02. The second-order valence-corrected chi connectivity index (χ2v) is 11.9. The van der Waals surface area contributed by atoms with Gasteiger partial charge in [0.2, 0.25) is 0 Å². The zero-order valence-corrected chi connectivity index (χ0v) is 28.5. The van der Waals surface area contributed by atoms with Crippen LogP contribution in [0.5, 0.6) is 0 Å². The second kappa shape index (κ2) is 18.7. The van der Waals surface area contributed by atoms with Crippen LogP contribution in [-0.2, 0) is 6.42 Å². The number of amides is 1. The zero-order valence-electron chi connectivity index (χ0n) is 28.5. The van der Waals surface area contributed by atoms with Crippen molar-refractivity contribution in [3.63, 3.8) is 0 Å². The number of aryl methyl sites for hydroxylation is 3. The SMILES string of the molecule is C=C(C)C(=N/C=C(\C)C(=C)C)N1CCN(C2CCN(C(=O)c3ccc(C)cc3)CC2)CC1.CC#N.CCc1ccc(C)cc1F. The van der Waals surface area contributed by atoms with Gasteiger partial charge in [-0.2, -0.15) is 5.26 Å². The third-order valence-corrected chi connectivity index (χ3v) is 8.21. The molecule has 6 nitrogen and oxygen atoms in total. The Morgan fingerprint density at radius 3 is 1.98 bits per heavy atom. The highest BCUT2D eigenvalue weighted by Crippen LogP contribution is 2.21. The van der Waals surface area contributed by atoms with Crippen LogP contribution in [0.3, 0.4) is 0 Å². The summed E-state index contributed by atoms with van der Waals surface area (Å²) in [5.74, 6) is 1.06. The molecule has 2 aliphatic rings. The third kappa shape index (κ3) is 11.8. The van der Waals surface area contributed by atoms with Crippen molar-refractivity contribution < 1.29 is 9.18 Å². The standard InChI is InChI=1S/C27H38N4O.C9H11F.C2H3N/c1-20(2)23(6)19-28-26(21(3)4)30-17-15-29(16-18-30)25-11-13-31(14-12-25)27(32)24-9-7-22(5)8-10-24;1-3-8-5-4-7(2)6-9(8)10;1-2-3/h7-10,19,25H,1,3,11-18H2,2,4-6H3;4-6H,3H2,1-2H3;1H3/b23-19+,28-26?;;. The molecule has 0 aliphatic carbocycles. The fourth-order valence-electron chi connectivity index (χ4n) is 5.28. The smallest absolute Gasteiger partial charge is 0.253 e. The van der Waals surface area contributed by atoms with E-state index in [1.54, 1.807) is 12.1 Å². The molecule has 4 rings (SSSR count). The monoisotopic (exact) mass is 613 g/mol. The summed E-state index contributed by atoms with van der Waals surface area (Å²) < 4.78 is 12.9. The minimum Gasteiger partial charge on any atom is -0.354 e. The van der Waals surface area contributed by atoms with Crippen molar-refractivity contribution in [2.45, 2.75) is 73.8 Å². The van der Waals surface area contributed by atoms with Crippen molar-refractivity contribution in [2.24, 2.45) is 4.99 Å². The molecule has 0 N–H and O–H groups in total. The van der Waals surface area contributed by atoms with Crippen LogP contribution in [0.25, 0.3) is 0 Å². The van der Waals surface area contributed by atoms with E-state index in [1.807, 2.05) is 89.0 Å². The fraction of sp³-hybridized carbons (Fsp3) is 0.447. The topological polar surface area (TPSA) is 62.9 Å². The number of amidine groups is 1. The molecule has 2 aromatic rings. The quantitative estimate of drug-likeness (QED) is 0.189. The van der Waals surface area contributed by atoms with Gasteiger partial charge >= 0.3 is 0 Å². The van der Waals surface area contributed by atoms with Gasteiger partial charge in [-0.25, -0.2) is 9.38 Å². The minimum absolute atomic E-state index is 0.0810. The second-order valence-electron chi connectivity index (χ2n) is 11.9. The lowest BCUT2D eigenvalue weighted by molar-refractivity contribution is 0.0555. The van der Waals surface area contributed by atoms with Gasteiger partial charge in [-0.05, 0) is 94.4 Å². The maximum absolute atomic E-state index is 12.9. The first-order valence-corrected chi connectivity index (χ1v) is 15.9. The Kier molecular flexibility index (Phi) is 15.5. The molecular formula is C38H52FN5O. The third-order valence-electron chi connectivity index (χ3n) is 8.21. The summed E-state index contributed by atoms with van der Waals surface area (Å²) >= 11 is 0. The van der Waals surface area contributed by atoms with E-state index in [-0.39, 0.29) is 11.7 Å². The van der Waals surface area contributed by atoms with Crippen LogP contribution < -0.4 is 0 Å². The van der Waals surface area contributed by atoms with E-state index in [9.17, 15) is 9.18 Å². The zero-order chi connectivity index (χ0) is 33.5. The maximum Gasteiger partial charge on any atom is 0.253 e. The fourth-order valence-corrected chi connectivity index (χ4v) is 5.28. The van der Waals surface area contributed by atoms with Crippen LogP contribution >= 0.6 is 0 Å². The number of nitrogens with zero attached hydrogens (tertiary/aromatic N) is 5. The summed E-state index contributed by atoms with van der Waals surface area (Å²) in [5, 5.41) is 7.32. The average molecular weight is 614 g/mol. The molecule has 0 unspecified atom stereocenters. The molecular weight excluding hydrogens is 561 g/mol. The lowest BCUT2D eigenvalue weighted by Gasteiger charge is -2.43. The Morgan fingerprint density at radius 2 is 1.49 bits per heavy atom. The van der Waals surface area contributed by atoms with Gasteiger partial charge in [-0.3, -0.25) is 9.69 Å². The van der Waals surface area contributed by atoms with Gasteiger partial charge in [0, 0.05) is 64.0 Å². The average Bonchev–Trinajstić information content (AvgIpc) is 3.02. The van der Waals surface area contributed by atoms with Crippen LogP contribution in [0.1, 0.15) is 74.5 Å². The molecule has 7 heteroatoms. The first-order valence-electron chi connectivity index (χ1n) is 15.9. The van der Waals surface area contributed by atoms with Crippen molar-refractivity contribution in [1.29, 1.82) is 5.26 Å². The highest BCUT2D eigenvalue weighted by molar-refractivity contribution is 5.97. The predicted octanol–water partition coefficient (Wildman–Crippen LogP) is 7.90. The molecule has 2 saturated heterocycles. The summed E-state index contributed by atoms with van der Waals surface area (Å²) in [6.45, 7) is 27.1. The Labute approximate surface area is 271 Å². The molecule has 0 radical (unpaired) electrons. The molecule has 2 aliphatic heterocycles. The van der Waals surface area contributed by atoms with Gasteiger partial charge in [0.25, 0.3) is 5.91 Å². The van der Waals surface area contributed by atoms with Crippen molar-refractivity contribution in [2.75, 3.05) is 39.3 Å². The van der Waals surface area contributed by atoms with Crippen LogP contribution in [0.4, 0.5) is 4.39 Å². The summed E-state index contributed by atoms with van der Waals surface area (Å²) in [4.78, 5) is 24.5. The molecule has 0 bridgehead atoms. The van der Waals surface area contributed by atoms with E-state index in [2.05, 4.69) is 23.0 Å².